The van der Waals surface area contributed by atoms with E-state index in [0.717, 1.165) is 21.2 Å². The van der Waals surface area contributed by atoms with Gasteiger partial charge in [0.25, 0.3) is 5.91 Å². The van der Waals surface area contributed by atoms with Gasteiger partial charge in [0.1, 0.15) is 5.75 Å². The van der Waals surface area contributed by atoms with Gasteiger partial charge in [-0.3, -0.25) is 14.4 Å². The van der Waals surface area contributed by atoms with Crippen LogP contribution in [0.2, 0.25) is 0 Å². The molecule has 4 rings (SSSR count). The molecule has 198 valence electrons. The van der Waals surface area contributed by atoms with Crippen molar-refractivity contribution >= 4 is 40.9 Å². The number of nitrogens with zero attached hydrogens (tertiary/aromatic N) is 1. The lowest BCUT2D eigenvalue weighted by Crippen LogP contribution is -2.50. The van der Waals surface area contributed by atoms with Crippen LogP contribution in [-0.4, -0.2) is 72.9 Å². The molecule has 0 aliphatic carbocycles. The highest BCUT2D eigenvalue weighted by Crippen LogP contribution is 2.44. The second-order valence-electron chi connectivity index (χ2n) is 9.28. The fourth-order valence-corrected chi connectivity index (χ4v) is 5.08. The number of ether oxygens (including phenoxy) is 2. The van der Waals surface area contributed by atoms with Gasteiger partial charge in [0.15, 0.2) is 12.9 Å². The van der Waals surface area contributed by atoms with Crippen LogP contribution in [0.1, 0.15) is 20.3 Å². The van der Waals surface area contributed by atoms with Crippen LogP contribution >= 0.6 is 11.8 Å². The van der Waals surface area contributed by atoms with Gasteiger partial charge in [-0.1, -0.05) is 37.7 Å². The van der Waals surface area contributed by atoms with Crippen LogP contribution in [0.5, 0.6) is 5.75 Å². The lowest BCUT2D eigenvalue weighted by atomic mass is 10.1. The van der Waals surface area contributed by atoms with E-state index >= 15 is 0 Å². The molecule has 1 saturated heterocycles. The number of nitrogens with one attached hydrogen (secondary N) is 3. The van der Waals surface area contributed by atoms with E-state index < -0.39 is 24.1 Å². The van der Waals surface area contributed by atoms with Crippen molar-refractivity contribution < 1.29 is 29.0 Å². The first-order valence-electron chi connectivity index (χ1n) is 12.2. The maximum Gasteiger partial charge on any atom is 0.258 e. The van der Waals surface area contributed by atoms with Gasteiger partial charge in [0, 0.05) is 22.4 Å². The van der Waals surface area contributed by atoms with Crippen LogP contribution in [-0.2, 0) is 19.1 Å². The Morgan fingerprint density at radius 1 is 1.11 bits per heavy atom. The number of para-hydroxylation sites is 1. The number of amides is 3. The molecule has 2 aromatic rings. The number of carbonyl (C=O) groups is 3. The van der Waals surface area contributed by atoms with E-state index in [2.05, 4.69) is 16.0 Å². The first-order valence-corrected chi connectivity index (χ1v) is 13.0. The largest absolute Gasteiger partial charge is 0.484 e. The first-order chi connectivity index (χ1) is 17.8. The topological polar surface area (TPSA) is 129 Å². The molecule has 1 fully saturated rings. The zero-order valence-electron chi connectivity index (χ0n) is 20.9. The standard InChI is InChI=1S/C26H32N4O6S/c1-16(2)14-30(20-9-10-35-26(20)34)25(33)13-28-23(31)12-27-24(32)15-36-17-7-8-22-19(11-17)29-18-5-3-4-6-21(18)37-22/h3-8,11,16,20,26,29,34H,9-10,12-15H2,1-2H3,(H,27,32)(H,28,31)/t20-,26?/m0/s1. The SMILES string of the molecule is CC(C)CN(C(=O)CNC(=O)CNC(=O)COc1ccc2c(c1)Nc1ccccc1S2)[C@H]1CCOC1O. The molecule has 0 aromatic heterocycles. The van der Waals surface area contributed by atoms with Crippen molar-refractivity contribution in [3.05, 3.63) is 42.5 Å². The molecule has 2 aromatic carbocycles. The molecule has 2 aliphatic rings. The summed E-state index contributed by atoms with van der Waals surface area (Å²) in [4.78, 5) is 40.9. The first kappa shape index (κ1) is 26.8. The minimum Gasteiger partial charge on any atom is -0.484 e. The van der Waals surface area contributed by atoms with Gasteiger partial charge in [-0.2, -0.15) is 0 Å². The Morgan fingerprint density at radius 3 is 2.62 bits per heavy atom. The molecule has 2 aliphatic heterocycles. The Kier molecular flexibility index (Phi) is 8.91. The summed E-state index contributed by atoms with van der Waals surface area (Å²) in [5, 5.41) is 18.4. The lowest BCUT2D eigenvalue weighted by Gasteiger charge is -2.31. The molecular formula is C26H32N4O6S. The van der Waals surface area contributed by atoms with Crippen molar-refractivity contribution in [1.29, 1.82) is 0 Å². The highest BCUT2D eigenvalue weighted by atomic mass is 32.2. The Balaban J connectivity index is 1.19. The van der Waals surface area contributed by atoms with Crippen LogP contribution in [0.4, 0.5) is 11.4 Å². The van der Waals surface area contributed by atoms with Gasteiger partial charge in [-0.25, -0.2) is 0 Å². The smallest absolute Gasteiger partial charge is 0.258 e. The fourth-order valence-electron chi connectivity index (χ4n) is 4.11. The monoisotopic (exact) mass is 528 g/mol. The predicted octanol–water partition coefficient (Wildman–Crippen LogP) is 2.10. The second-order valence-corrected chi connectivity index (χ2v) is 10.4. The molecule has 0 spiro atoms. The highest BCUT2D eigenvalue weighted by Gasteiger charge is 2.34. The Bertz CT molecular complexity index is 1140. The van der Waals surface area contributed by atoms with Crippen LogP contribution < -0.4 is 20.7 Å². The maximum absolute atomic E-state index is 12.7. The number of benzene rings is 2. The second kappa shape index (κ2) is 12.3. The molecule has 1 unspecified atom stereocenters. The average Bonchev–Trinajstić information content (AvgIpc) is 3.31. The number of hydrogen-bond acceptors (Lipinski definition) is 8. The number of aliphatic hydroxyl groups is 1. The third-order valence-corrected chi connectivity index (χ3v) is 7.05. The fraction of sp³-hybridized carbons (Fsp3) is 0.423. The third-order valence-electron chi connectivity index (χ3n) is 5.89. The summed E-state index contributed by atoms with van der Waals surface area (Å²) in [6, 6.07) is 13.1. The molecule has 11 heteroatoms. The minimum absolute atomic E-state index is 0.187. The van der Waals surface area contributed by atoms with Crippen molar-refractivity contribution in [2.75, 3.05) is 38.2 Å². The molecule has 37 heavy (non-hydrogen) atoms. The molecule has 3 amide bonds. The molecule has 10 nitrogen and oxygen atoms in total. The van der Waals surface area contributed by atoms with Crippen LogP contribution in [0.25, 0.3) is 0 Å². The van der Waals surface area contributed by atoms with E-state index in [1.54, 1.807) is 22.7 Å². The van der Waals surface area contributed by atoms with E-state index in [-0.39, 0.29) is 31.5 Å². The van der Waals surface area contributed by atoms with Crippen molar-refractivity contribution in [1.82, 2.24) is 15.5 Å². The minimum atomic E-state index is -1.03. The summed E-state index contributed by atoms with van der Waals surface area (Å²) in [6.07, 6.45) is -0.492. The summed E-state index contributed by atoms with van der Waals surface area (Å²) < 4.78 is 10.8. The quantitative estimate of drug-likeness (QED) is 0.315. The van der Waals surface area contributed by atoms with E-state index in [0.29, 0.717) is 25.3 Å². The molecular weight excluding hydrogens is 496 g/mol. The predicted molar refractivity (Wildman–Crippen MR) is 139 cm³/mol. The summed E-state index contributed by atoms with van der Waals surface area (Å²) in [5.41, 5.74) is 1.91. The van der Waals surface area contributed by atoms with Gasteiger partial charge in [0.05, 0.1) is 37.1 Å². The van der Waals surface area contributed by atoms with Crippen LogP contribution in [0.15, 0.2) is 52.3 Å². The van der Waals surface area contributed by atoms with Gasteiger partial charge >= 0.3 is 0 Å². The van der Waals surface area contributed by atoms with Gasteiger partial charge in [-0.05, 0) is 36.6 Å². The van der Waals surface area contributed by atoms with Gasteiger partial charge in [0.2, 0.25) is 11.8 Å². The molecule has 2 atom stereocenters. The third kappa shape index (κ3) is 7.15. The van der Waals surface area contributed by atoms with Crippen LogP contribution in [0.3, 0.4) is 0 Å². The molecule has 2 heterocycles. The van der Waals surface area contributed by atoms with Crippen molar-refractivity contribution in [3.63, 3.8) is 0 Å². The van der Waals surface area contributed by atoms with Crippen molar-refractivity contribution in [2.24, 2.45) is 5.92 Å². The zero-order valence-corrected chi connectivity index (χ0v) is 21.7. The van der Waals surface area contributed by atoms with Gasteiger partial charge < -0.3 is 35.4 Å². The van der Waals surface area contributed by atoms with Crippen molar-refractivity contribution in [3.8, 4) is 5.75 Å². The Morgan fingerprint density at radius 2 is 1.86 bits per heavy atom. The van der Waals surface area contributed by atoms with E-state index in [1.165, 1.54) is 0 Å². The van der Waals surface area contributed by atoms with Gasteiger partial charge in [-0.15, -0.1) is 0 Å². The van der Waals surface area contributed by atoms with E-state index in [4.69, 9.17) is 9.47 Å². The summed E-state index contributed by atoms with van der Waals surface area (Å²) in [6.45, 7) is 3.99. The summed E-state index contributed by atoms with van der Waals surface area (Å²) in [5.74, 6) is -0.553. The van der Waals surface area contributed by atoms with Crippen LogP contribution in [0, 0.1) is 5.92 Å². The maximum atomic E-state index is 12.7. The number of anilines is 2. The zero-order chi connectivity index (χ0) is 26.4. The normalized spacial score (nSPS) is 17.8. The molecule has 0 bridgehead atoms. The lowest BCUT2D eigenvalue weighted by molar-refractivity contribution is -0.144. The molecule has 0 saturated carbocycles. The Hall–Kier alpha value is -3.28. The molecule has 0 radical (unpaired) electrons. The number of fused-ring (bicyclic) bond motifs is 2. The highest BCUT2D eigenvalue weighted by molar-refractivity contribution is 7.99. The molecule has 4 N–H and O–H groups in total. The number of aliphatic hydroxyl groups excluding tert-OH is 1. The van der Waals surface area contributed by atoms with E-state index in [9.17, 15) is 19.5 Å². The average molecular weight is 529 g/mol. The number of rotatable bonds is 10. The van der Waals surface area contributed by atoms with E-state index in [1.807, 2.05) is 50.2 Å². The number of carbonyl (C=O) groups excluding carboxylic acids is 3. The number of hydrogen-bond donors (Lipinski definition) is 4. The summed E-state index contributed by atoms with van der Waals surface area (Å²) >= 11 is 1.66. The van der Waals surface area contributed by atoms with Crippen molar-refractivity contribution in [2.45, 2.75) is 42.4 Å². The summed E-state index contributed by atoms with van der Waals surface area (Å²) in [7, 11) is 0. The Labute approximate surface area is 220 Å².